The number of thiophene rings is 1. The van der Waals surface area contributed by atoms with Crippen LogP contribution in [0.1, 0.15) is 23.3 Å². The molecular weight excluding hydrogens is 638 g/mol. The van der Waals surface area contributed by atoms with Crippen molar-refractivity contribution in [1.29, 1.82) is 0 Å². The van der Waals surface area contributed by atoms with E-state index in [0.717, 1.165) is 18.5 Å². The van der Waals surface area contributed by atoms with Gasteiger partial charge in [0.25, 0.3) is 0 Å². The third-order valence-corrected chi connectivity index (χ3v) is 8.66. The van der Waals surface area contributed by atoms with E-state index in [9.17, 15) is 22.4 Å². The molecule has 4 N–H and O–H groups in total. The van der Waals surface area contributed by atoms with E-state index in [1.54, 1.807) is 12.1 Å². The summed E-state index contributed by atoms with van der Waals surface area (Å²) >= 11 is 1.21. The Hall–Kier alpha value is -3.77. The maximum Gasteiger partial charge on any atom is 0.393 e. The number of hydrogen-bond donors (Lipinski definition) is 4. The van der Waals surface area contributed by atoms with Crippen LogP contribution in [0.25, 0.3) is 10.1 Å². The lowest BCUT2D eigenvalue weighted by molar-refractivity contribution is -0.132. The lowest BCUT2D eigenvalue weighted by Gasteiger charge is -2.33. The fourth-order valence-electron chi connectivity index (χ4n) is 5.26. The van der Waals surface area contributed by atoms with Gasteiger partial charge in [0.2, 0.25) is 5.91 Å². The Morgan fingerprint density at radius 2 is 1.89 bits per heavy atom. The number of rotatable bonds is 14. The van der Waals surface area contributed by atoms with E-state index in [-0.39, 0.29) is 49.5 Å². The Morgan fingerprint density at radius 1 is 1.13 bits per heavy atom. The van der Waals surface area contributed by atoms with Crippen LogP contribution in [0, 0.1) is 17.7 Å². The van der Waals surface area contributed by atoms with Crippen molar-refractivity contribution < 1.29 is 36.9 Å². The molecule has 1 saturated heterocycles. The Morgan fingerprint density at radius 3 is 2.57 bits per heavy atom. The normalized spacial score (nSPS) is 13.9. The van der Waals surface area contributed by atoms with Crippen LogP contribution < -0.4 is 20.7 Å². The van der Waals surface area contributed by atoms with Crippen molar-refractivity contribution in [2.24, 2.45) is 0 Å². The van der Waals surface area contributed by atoms with Gasteiger partial charge in [0.1, 0.15) is 18.2 Å². The lowest BCUT2D eigenvalue weighted by atomic mass is 10.0. The zero-order chi connectivity index (χ0) is 34.0. The van der Waals surface area contributed by atoms with E-state index in [1.807, 2.05) is 30.0 Å². The zero-order valence-corrected chi connectivity index (χ0v) is 27.5. The third kappa shape index (κ3) is 10.4. The van der Waals surface area contributed by atoms with Gasteiger partial charge in [-0.2, -0.15) is 13.2 Å². The van der Waals surface area contributed by atoms with Gasteiger partial charge >= 0.3 is 6.18 Å². The number of fused-ring (bicyclic) bond motifs is 1. The van der Waals surface area contributed by atoms with Gasteiger partial charge in [0.05, 0.1) is 59.4 Å². The standard InChI is InChI=1S/C33H41F4N5O4S/c1-41(2)21-31(44)42-13-9-22(10-14-42)40-26-7-4-6-23-24(20-33(35,36)37)30(47-32(23)26)8-5-11-38-28-18-25(34)27(39-12-15-43)19-29(28)46-17-16-45-3/h4,6-7,18-19,22,38-40,43H,9-17,20-21H2,1-3H3. The first-order chi connectivity index (χ1) is 22.5. The topological polar surface area (TPSA) is 98.3 Å². The number of carbonyl (C=O) groups is 1. The fourth-order valence-corrected chi connectivity index (χ4v) is 6.43. The molecule has 14 heteroatoms. The molecule has 0 unspecified atom stereocenters. The highest BCUT2D eigenvalue weighted by molar-refractivity contribution is 7.20. The zero-order valence-electron chi connectivity index (χ0n) is 26.7. The van der Waals surface area contributed by atoms with Crippen LogP contribution in [-0.2, 0) is 16.0 Å². The summed E-state index contributed by atoms with van der Waals surface area (Å²) in [4.78, 5) is 16.4. The molecule has 1 aliphatic rings. The molecule has 4 rings (SSSR count). The summed E-state index contributed by atoms with van der Waals surface area (Å²) in [6.45, 7) is 2.06. The molecule has 1 aromatic heterocycles. The number of methoxy groups -OCH3 is 1. The smallest absolute Gasteiger partial charge is 0.393 e. The number of likely N-dealkylation sites (tertiary alicyclic amines) is 1. The quantitative estimate of drug-likeness (QED) is 0.107. The highest BCUT2D eigenvalue weighted by Gasteiger charge is 2.31. The number of aliphatic hydroxyl groups excluding tert-OH is 1. The van der Waals surface area contributed by atoms with Gasteiger partial charge in [-0.3, -0.25) is 4.79 Å². The van der Waals surface area contributed by atoms with E-state index in [4.69, 9.17) is 14.6 Å². The Bertz CT molecular complexity index is 1560. The monoisotopic (exact) mass is 679 g/mol. The third-order valence-electron chi connectivity index (χ3n) is 7.47. The molecule has 2 heterocycles. The van der Waals surface area contributed by atoms with Gasteiger partial charge in [0, 0.05) is 44.9 Å². The van der Waals surface area contributed by atoms with Gasteiger partial charge in [-0.05, 0) is 44.0 Å². The second kappa shape index (κ2) is 16.9. The lowest BCUT2D eigenvalue weighted by Crippen LogP contribution is -2.45. The summed E-state index contributed by atoms with van der Waals surface area (Å²) in [6, 6.07) is 8.05. The highest BCUT2D eigenvalue weighted by atomic mass is 32.1. The van der Waals surface area contributed by atoms with Crippen molar-refractivity contribution in [2.45, 2.75) is 31.5 Å². The largest absolute Gasteiger partial charge is 0.489 e. The number of nitrogens with zero attached hydrogens (tertiary/aromatic N) is 2. The maximum absolute atomic E-state index is 14.7. The minimum atomic E-state index is -4.43. The number of anilines is 3. The average Bonchev–Trinajstić information content (AvgIpc) is 3.36. The van der Waals surface area contributed by atoms with Crippen LogP contribution >= 0.6 is 11.3 Å². The number of ether oxygens (including phenoxy) is 2. The van der Waals surface area contributed by atoms with Gasteiger partial charge in [-0.1, -0.05) is 24.0 Å². The SMILES string of the molecule is COCCOc1cc(NCCO)c(F)cc1NCC#Cc1sc2c(NC3CCN(C(=O)CN(C)C)CC3)cccc2c1CC(F)(F)F. The first-order valence-corrected chi connectivity index (χ1v) is 16.1. The van der Waals surface area contributed by atoms with Crippen LogP contribution in [0.3, 0.4) is 0 Å². The second-order valence-corrected chi connectivity index (χ2v) is 12.4. The molecule has 0 aliphatic carbocycles. The van der Waals surface area contributed by atoms with Gasteiger partial charge in [0.15, 0.2) is 0 Å². The molecule has 1 amide bonds. The summed E-state index contributed by atoms with van der Waals surface area (Å²) in [5.41, 5.74) is 1.32. The van der Waals surface area contributed by atoms with E-state index in [2.05, 4.69) is 27.8 Å². The van der Waals surface area contributed by atoms with E-state index in [0.29, 0.717) is 52.6 Å². The van der Waals surface area contributed by atoms with Crippen LogP contribution in [0.15, 0.2) is 30.3 Å². The van der Waals surface area contributed by atoms with Crippen LogP contribution in [0.5, 0.6) is 5.75 Å². The number of piperidine rings is 1. The number of aliphatic hydroxyl groups is 1. The molecule has 1 fully saturated rings. The van der Waals surface area contributed by atoms with Gasteiger partial charge < -0.3 is 40.3 Å². The van der Waals surface area contributed by atoms with E-state index >= 15 is 0 Å². The predicted molar refractivity (Wildman–Crippen MR) is 178 cm³/mol. The maximum atomic E-state index is 14.7. The highest BCUT2D eigenvalue weighted by Crippen LogP contribution is 2.39. The Labute approximate surface area is 276 Å². The number of carbonyl (C=O) groups excluding carboxylic acids is 1. The van der Waals surface area contributed by atoms with Crippen molar-refractivity contribution >= 4 is 44.4 Å². The summed E-state index contributed by atoms with van der Waals surface area (Å²) in [5.74, 6) is 5.65. The average molecular weight is 680 g/mol. The molecular formula is C33H41F4N5O4S. The van der Waals surface area contributed by atoms with Gasteiger partial charge in [-0.25, -0.2) is 4.39 Å². The first kappa shape index (κ1) is 36.1. The van der Waals surface area contributed by atoms with Crippen LogP contribution in [0.4, 0.5) is 34.6 Å². The summed E-state index contributed by atoms with van der Waals surface area (Å²) < 4.78 is 67.4. The number of nitrogens with one attached hydrogen (secondary N) is 3. The molecule has 47 heavy (non-hydrogen) atoms. The molecule has 0 saturated carbocycles. The van der Waals surface area contributed by atoms with E-state index in [1.165, 1.54) is 30.6 Å². The summed E-state index contributed by atoms with van der Waals surface area (Å²) in [6.07, 6.45) is -4.10. The van der Waals surface area contributed by atoms with Crippen molar-refractivity contribution in [3.63, 3.8) is 0 Å². The number of alkyl halides is 3. The van der Waals surface area contributed by atoms with Crippen LogP contribution in [0.2, 0.25) is 0 Å². The van der Waals surface area contributed by atoms with Crippen LogP contribution in [-0.4, -0.2) is 107 Å². The minimum Gasteiger partial charge on any atom is -0.489 e. The number of benzene rings is 2. The molecule has 0 bridgehead atoms. The van der Waals surface area contributed by atoms with Crippen molar-refractivity contribution in [3.05, 3.63) is 46.6 Å². The first-order valence-electron chi connectivity index (χ1n) is 15.3. The molecule has 9 nitrogen and oxygen atoms in total. The molecule has 256 valence electrons. The number of amides is 1. The molecule has 3 aromatic rings. The van der Waals surface area contributed by atoms with Gasteiger partial charge in [-0.15, -0.1) is 11.3 Å². The molecule has 1 aliphatic heterocycles. The van der Waals surface area contributed by atoms with E-state index < -0.39 is 18.4 Å². The molecule has 0 radical (unpaired) electrons. The predicted octanol–water partition coefficient (Wildman–Crippen LogP) is 5.00. The fraction of sp³-hybridized carbons (Fsp3) is 0.485. The second-order valence-electron chi connectivity index (χ2n) is 11.4. The van der Waals surface area contributed by atoms with Crippen molar-refractivity contribution in [1.82, 2.24) is 9.80 Å². The molecule has 0 spiro atoms. The molecule has 0 atom stereocenters. The summed E-state index contributed by atoms with van der Waals surface area (Å²) in [7, 11) is 5.23. The minimum absolute atomic E-state index is 0.0133. The Kier molecular flexibility index (Phi) is 12.9. The number of hydrogen-bond acceptors (Lipinski definition) is 9. The Balaban J connectivity index is 1.53. The summed E-state index contributed by atoms with van der Waals surface area (Å²) in [5, 5.41) is 18.9. The van der Waals surface area contributed by atoms with Crippen molar-refractivity contribution in [2.75, 3.05) is 89.7 Å². The van der Waals surface area contributed by atoms with Crippen molar-refractivity contribution in [3.8, 4) is 17.6 Å². The number of likely N-dealkylation sites (N-methyl/N-ethyl adjacent to an activating group) is 1. The number of halogens is 4. The molecule has 2 aromatic carbocycles.